The Hall–Kier alpha value is -3.88. The summed E-state index contributed by atoms with van der Waals surface area (Å²) in [6, 6.07) is 11.0. The van der Waals surface area contributed by atoms with Crippen molar-refractivity contribution < 1.29 is 28.7 Å². The fourth-order valence-corrected chi connectivity index (χ4v) is 5.52. The van der Waals surface area contributed by atoms with Gasteiger partial charge < -0.3 is 19.3 Å². The van der Waals surface area contributed by atoms with Crippen LogP contribution in [0.25, 0.3) is 11.1 Å². The molecule has 3 heterocycles. The molecule has 1 unspecified atom stereocenters. The summed E-state index contributed by atoms with van der Waals surface area (Å²) in [5.74, 6) is -0.131. The van der Waals surface area contributed by atoms with Gasteiger partial charge in [0.15, 0.2) is 0 Å². The first-order valence-corrected chi connectivity index (χ1v) is 13.5. The molecular weight excluding hydrogens is 498 g/mol. The van der Waals surface area contributed by atoms with Crippen LogP contribution in [0.5, 0.6) is 5.75 Å². The van der Waals surface area contributed by atoms with E-state index in [9.17, 15) is 19.2 Å². The molecule has 2 saturated heterocycles. The van der Waals surface area contributed by atoms with E-state index in [0.717, 1.165) is 40.8 Å². The highest BCUT2D eigenvalue weighted by molar-refractivity contribution is 6.06. The van der Waals surface area contributed by atoms with Crippen molar-refractivity contribution in [2.45, 2.75) is 77.7 Å². The SMILES string of the molecule is Cc1cc(OC2CCN(C(=O)OC(C)(C)C)CC2)ccc1-c1cccc2c1CN(C1CCC(=O)NC1=O)C2=O. The Morgan fingerprint density at radius 2 is 1.69 bits per heavy atom. The van der Waals surface area contributed by atoms with Crippen molar-refractivity contribution in [1.29, 1.82) is 0 Å². The molecule has 0 saturated carbocycles. The number of amides is 4. The van der Waals surface area contributed by atoms with Crippen molar-refractivity contribution in [2.75, 3.05) is 13.1 Å². The Bertz CT molecular complexity index is 1320. The van der Waals surface area contributed by atoms with Gasteiger partial charge in [-0.25, -0.2) is 4.79 Å². The average molecular weight is 534 g/mol. The number of aryl methyl sites for hydroxylation is 1. The molecule has 9 nitrogen and oxygen atoms in total. The lowest BCUT2D eigenvalue weighted by Crippen LogP contribution is -2.52. The highest BCUT2D eigenvalue weighted by atomic mass is 16.6. The van der Waals surface area contributed by atoms with Gasteiger partial charge in [0.25, 0.3) is 5.91 Å². The van der Waals surface area contributed by atoms with Crippen molar-refractivity contribution in [2.24, 2.45) is 0 Å². The van der Waals surface area contributed by atoms with Gasteiger partial charge >= 0.3 is 6.09 Å². The molecule has 206 valence electrons. The number of piperidine rings is 2. The molecule has 0 bridgehead atoms. The predicted molar refractivity (Wildman–Crippen MR) is 144 cm³/mol. The second-order valence-electron chi connectivity index (χ2n) is 11.5. The second kappa shape index (κ2) is 10.4. The van der Waals surface area contributed by atoms with Gasteiger partial charge in [0.1, 0.15) is 23.5 Å². The Morgan fingerprint density at radius 3 is 2.36 bits per heavy atom. The molecule has 4 amide bonds. The van der Waals surface area contributed by atoms with E-state index in [2.05, 4.69) is 5.32 Å². The first-order valence-electron chi connectivity index (χ1n) is 13.5. The molecule has 2 fully saturated rings. The van der Waals surface area contributed by atoms with Crippen LogP contribution in [0.3, 0.4) is 0 Å². The molecule has 2 aromatic rings. The minimum absolute atomic E-state index is 0.00890. The monoisotopic (exact) mass is 533 g/mol. The normalized spacial score (nSPS) is 20.1. The van der Waals surface area contributed by atoms with Gasteiger partial charge in [-0.15, -0.1) is 0 Å². The molecule has 0 aliphatic carbocycles. The number of nitrogens with zero attached hydrogens (tertiary/aromatic N) is 2. The Kier molecular flexibility index (Phi) is 7.09. The number of nitrogens with one attached hydrogen (secondary N) is 1. The summed E-state index contributed by atoms with van der Waals surface area (Å²) < 4.78 is 11.7. The second-order valence-corrected chi connectivity index (χ2v) is 11.5. The number of benzene rings is 2. The van der Waals surface area contributed by atoms with E-state index < -0.39 is 17.6 Å². The number of hydrogen-bond donors (Lipinski definition) is 1. The zero-order chi connectivity index (χ0) is 27.9. The summed E-state index contributed by atoms with van der Waals surface area (Å²) in [5.41, 5.74) is 3.92. The van der Waals surface area contributed by atoms with E-state index in [4.69, 9.17) is 9.47 Å². The summed E-state index contributed by atoms with van der Waals surface area (Å²) >= 11 is 0. The van der Waals surface area contributed by atoms with Crippen molar-refractivity contribution in [1.82, 2.24) is 15.1 Å². The third-order valence-electron chi connectivity index (χ3n) is 7.47. The number of imide groups is 1. The summed E-state index contributed by atoms with van der Waals surface area (Å²) in [4.78, 5) is 52.9. The van der Waals surface area contributed by atoms with Crippen LogP contribution in [0, 0.1) is 6.92 Å². The third kappa shape index (κ3) is 5.62. The Labute approximate surface area is 228 Å². The van der Waals surface area contributed by atoms with Gasteiger partial charge in [-0.3, -0.25) is 19.7 Å². The van der Waals surface area contributed by atoms with Crippen LogP contribution in [0.4, 0.5) is 4.79 Å². The van der Waals surface area contributed by atoms with E-state index in [1.165, 1.54) is 0 Å². The number of fused-ring (bicyclic) bond motifs is 1. The van der Waals surface area contributed by atoms with E-state index >= 15 is 0 Å². The summed E-state index contributed by atoms with van der Waals surface area (Å²) in [7, 11) is 0. The molecule has 39 heavy (non-hydrogen) atoms. The zero-order valence-electron chi connectivity index (χ0n) is 22.9. The number of rotatable bonds is 4. The lowest BCUT2D eigenvalue weighted by Gasteiger charge is -2.33. The van der Waals surface area contributed by atoms with E-state index in [0.29, 0.717) is 31.6 Å². The number of carbonyl (C=O) groups is 4. The highest BCUT2D eigenvalue weighted by Gasteiger charge is 2.40. The smallest absolute Gasteiger partial charge is 0.410 e. The molecule has 9 heteroatoms. The maximum absolute atomic E-state index is 13.2. The van der Waals surface area contributed by atoms with Gasteiger partial charge in [0.2, 0.25) is 11.8 Å². The lowest BCUT2D eigenvalue weighted by molar-refractivity contribution is -0.136. The topological polar surface area (TPSA) is 105 Å². The first-order chi connectivity index (χ1) is 18.5. The van der Waals surface area contributed by atoms with Crippen LogP contribution in [-0.4, -0.2) is 64.5 Å². The van der Waals surface area contributed by atoms with Gasteiger partial charge in [0.05, 0.1) is 0 Å². The molecule has 0 radical (unpaired) electrons. The average Bonchev–Trinajstić information content (AvgIpc) is 3.20. The fraction of sp³-hybridized carbons (Fsp3) is 0.467. The molecule has 1 atom stereocenters. The fourth-order valence-electron chi connectivity index (χ4n) is 5.52. The van der Waals surface area contributed by atoms with Crippen LogP contribution in [-0.2, 0) is 20.9 Å². The molecule has 1 N–H and O–H groups in total. The van der Waals surface area contributed by atoms with Crippen LogP contribution < -0.4 is 10.1 Å². The molecule has 2 aromatic carbocycles. The van der Waals surface area contributed by atoms with Crippen LogP contribution in [0.1, 0.15) is 67.9 Å². The molecule has 0 aromatic heterocycles. The third-order valence-corrected chi connectivity index (χ3v) is 7.47. The first kappa shape index (κ1) is 26.7. The van der Waals surface area contributed by atoms with E-state index in [1.807, 2.05) is 58.0 Å². The quantitative estimate of drug-likeness (QED) is 0.591. The molecule has 3 aliphatic heterocycles. The summed E-state index contributed by atoms with van der Waals surface area (Å²) in [6.07, 6.45) is 1.74. The van der Waals surface area contributed by atoms with Crippen molar-refractivity contribution in [3.05, 3.63) is 53.1 Å². The summed E-state index contributed by atoms with van der Waals surface area (Å²) in [6.45, 7) is 9.11. The largest absolute Gasteiger partial charge is 0.490 e. The number of carbonyl (C=O) groups excluding carboxylic acids is 4. The van der Waals surface area contributed by atoms with Crippen LogP contribution in [0.15, 0.2) is 36.4 Å². The van der Waals surface area contributed by atoms with Crippen LogP contribution >= 0.6 is 0 Å². The van der Waals surface area contributed by atoms with Crippen molar-refractivity contribution >= 4 is 23.8 Å². The zero-order valence-corrected chi connectivity index (χ0v) is 22.9. The molecule has 0 spiro atoms. The minimum Gasteiger partial charge on any atom is -0.490 e. The van der Waals surface area contributed by atoms with Gasteiger partial charge in [-0.2, -0.15) is 0 Å². The number of ether oxygens (including phenoxy) is 2. The maximum Gasteiger partial charge on any atom is 0.410 e. The molecule has 5 rings (SSSR count). The van der Waals surface area contributed by atoms with E-state index in [-0.39, 0.29) is 30.4 Å². The van der Waals surface area contributed by atoms with Gasteiger partial charge in [-0.1, -0.05) is 18.2 Å². The Balaban J connectivity index is 1.27. The highest BCUT2D eigenvalue weighted by Crippen LogP contribution is 2.37. The van der Waals surface area contributed by atoms with Crippen molar-refractivity contribution in [3.63, 3.8) is 0 Å². The number of hydrogen-bond acceptors (Lipinski definition) is 6. The molecule has 3 aliphatic rings. The standard InChI is InChI=1S/C30H35N3O6/c1-18-16-20(38-19-12-14-32(15-13-19)29(37)39-30(2,3)4)8-9-21(18)22-6-5-7-23-24(22)17-33(28(23)36)25-10-11-26(34)31-27(25)35/h5-9,16,19,25H,10-15,17H2,1-4H3,(H,31,34,35). The maximum atomic E-state index is 13.2. The lowest BCUT2D eigenvalue weighted by atomic mass is 9.94. The van der Waals surface area contributed by atoms with Gasteiger partial charge in [0, 0.05) is 44.5 Å². The van der Waals surface area contributed by atoms with Crippen molar-refractivity contribution in [3.8, 4) is 16.9 Å². The number of likely N-dealkylation sites (tertiary alicyclic amines) is 1. The minimum atomic E-state index is -0.644. The summed E-state index contributed by atoms with van der Waals surface area (Å²) in [5, 5.41) is 2.35. The van der Waals surface area contributed by atoms with Crippen LogP contribution in [0.2, 0.25) is 0 Å². The Morgan fingerprint density at radius 1 is 0.974 bits per heavy atom. The predicted octanol–water partition coefficient (Wildman–Crippen LogP) is 4.20. The van der Waals surface area contributed by atoms with E-state index in [1.54, 1.807) is 15.9 Å². The molecular formula is C30H35N3O6. The van der Waals surface area contributed by atoms with Gasteiger partial charge in [-0.05, 0) is 74.6 Å².